The summed E-state index contributed by atoms with van der Waals surface area (Å²) in [6.45, 7) is 0. The first-order valence-corrected chi connectivity index (χ1v) is 5.62. The average Bonchev–Trinajstić information content (AvgIpc) is 3.09. The van der Waals surface area contributed by atoms with Crippen molar-refractivity contribution >= 4 is 11.6 Å². The first-order valence-electron chi connectivity index (χ1n) is 5.62. The Hall–Kier alpha value is -1.92. The number of nitrogens with two attached hydrogens (primary N) is 1. The van der Waals surface area contributed by atoms with E-state index in [1.807, 2.05) is 5.32 Å². The third kappa shape index (κ3) is 2.45. The molecular formula is C12H13F3N2O2. The predicted octanol–water partition coefficient (Wildman–Crippen LogP) is 2.10. The number of nitrogens with one attached hydrogen (secondary N) is 1. The second-order valence-electron chi connectivity index (χ2n) is 4.49. The van der Waals surface area contributed by atoms with E-state index in [0.29, 0.717) is 5.75 Å². The normalized spacial score (nSPS) is 16.8. The lowest BCUT2D eigenvalue weighted by Gasteiger charge is -2.20. The van der Waals surface area contributed by atoms with Crippen LogP contribution in [0.5, 0.6) is 5.75 Å². The van der Waals surface area contributed by atoms with Gasteiger partial charge in [-0.3, -0.25) is 4.79 Å². The molecule has 0 unspecified atom stereocenters. The van der Waals surface area contributed by atoms with E-state index in [1.54, 1.807) is 0 Å². The molecule has 3 N–H and O–H groups in total. The van der Waals surface area contributed by atoms with Gasteiger partial charge in [-0.1, -0.05) is 0 Å². The molecule has 1 fully saturated rings. The molecule has 0 bridgehead atoms. The van der Waals surface area contributed by atoms with Gasteiger partial charge in [0.2, 0.25) is 0 Å². The van der Waals surface area contributed by atoms with Crippen molar-refractivity contribution in [1.82, 2.24) is 5.32 Å². The van der Waals surface area contributed by atoms with Gasteiger partial charge in [-0.05, 0) is 31.0 Å². The summed E-state index contributed by atoms with van der Waals surface area (Å²) in [5.74, 6) is -0.419. The second kappa shape index (κ2) is 4.32. The lowest BCUT2D eigenvalue weighted by atomic mass is 10.1. The van der Waals surface area contributed by atoms with Gasteiger partial charge in [-0.2, -0.15) is 13.2 Å². The van der Waals surface area contributed by atoms with Crippen LogP contribution < -0.4 is 15.8 Å². The van der Waals surface area contributed by atoms with E-state index in [9.17, 15) is 18.0 Å². The standard InChI is InChI=1S/C12H13F3N2O2/c1-19-9-3-2-7(6-8(9)16)10(18)17-11(4-5-11)12(13,14)15/h2-3,6H,4-5,16H2,1H3,(H,17,18). The van der Waals surface area contributed by atoms with E-state index in [-0.39, 0.29) is 24.1 Å². The smallest absolute Gasteiger partial charge is 0.411 e. The molecule has 4 nitrogen and oxygen atoms in total. The van der Waals surface area contributed by atoms with Crippen molar-refractivity contribution in [3.05, 3.63) is 23.8 Å². The number of benzene rings is 1. The third-order valence-electron chi connectivity index (χ3n) is 3.14. The number of hydrogen-bond acceptors (Lipinski definition) is 3. The minimum absolute atomic E-state index is 0.0776. The number of carbonyl (C=O) groups excluding carboxylic acids is 1. The Morgan fingerprint density at radius 2 is 2.05 bits per heavy atom. The van der Waals surface area contributed by atoms with E-state index in [1.165, 1.54) is 25.3 Å². The highest BCUT2D eigenvalue weighted by Gasteiger charge is 2.64. The molecule has 1 aliphatic carbocycles. The van der Waals surface area contributed by atoms with Gasteiger partial charge in [0.05, 0.1) is 12.8 Å². The summed E-state index contributed by atoms with van der Waals surface area (Å²) < 4.78 is 43.0. The van der Waals surface area contributed by atoms with E-state index in [4.69, 9.17) is 10.5 Å². The van der Waals surface area contributed by atoms with Crippen molar-refractivity contribution in [3.8, 4) is 5.75 Å². The van der Waals surface area contributed by atoms with E-state index in [0.717, 1.165) is 0 Å². The minimum Gasteiger partial charge on any atom is -0.495 e. The number of nitrogen functional groups attached to an aromatic ring is 1. The summed E-state index contributed by atoms with van der Waals surface area (Å²) in [4.78, 5) is 11.8. The highest BCUT2D eigenvalue weighted by Crippen LogP contribution is 2.49. The Labute approximate surface area is 107 Å². The van der Waals surface area contributed by atoms with E-state index < -0.39 is 17.6 Å². The highest BCUT2D eigenvalue weighted by molar-refractivity contribution is 5.96. The molecule has 19 heavy (non-hydrogen) atoms. The first-order chi connectivity index (χ1) is 8.79. The molecule has 0 aromatic heterocycles. The second-order valence-corrected chi connectivity index (χ2v) is 4.49. The lowest BCUT2D eigenvalue weighted by Crippen LogP contribution is -2.47. The minimum atomic E-state index is -4.43. The van der Waals surface area contributed by atoms with E-state index >= 15 is 0 Å². The van der Waals surface area contributed by atoms with Crippen molar-refractivity contribution in [2.24, 2.45) is 0 Å². The van der Waals surface area contributed by atoms with E-state index in [2.05, 4.69) is 0 Å². The van der Waals surface area contributed by atoms with Gasteiger partial charge in [0.1, 0.15) is 11.3 Å². The Kier molecular flexibility index (Phi) is 3.07. The summed E-state index contributed by atoms with van der Waals surface area (Å²) in [6, 6.07) is 4.11. The fourth-order valence-electron chi connectivity index (χ4n) is 1.77. The Balaban J connectivity index is 2.15. The highest BCUT2D eigenvalue weighted by atomic mass is 19.4. The monoisotopic (exact) mass is 274 g/mol. The SMILES string of the molecule is COc1ccc(C(=O)NC2(C(F)(F)F)CC2)cc1N. The van der Waals surface area contributed by atoms with Crippen LogP contribution in [-0.2, 0) is 0 Å². The van der Waals surface area contributed by atoms with Crippen LogP contribution in [0.4, 0.5) is 18.9 Å². The maximum absolute atomic E-state index is 12.7. The van der Waals surface area contributed by atoms with Crippen LogP contribution in [0.1, 0.15) is 23.2 Å². The number of carbonyl (C=O) groups is 1. The summed E-state index contributed by atoms with van der Waals surface area (Å²) >= 11 is 0. The van der Waals surface area contributed by atoms with Gasteiger partial charge in [0.25, 0.3) is 5.91 Å². The fourth-order valence-corrected chi connectivity index (χ4v) is 1.77. The molecule has 1 aromatic rings. The number of alkyl halides is 3. The molecule has 1 amide bonds. The lowest BCUT2D eigenvalue weighted by molar-refractivity contribution is -0.163. The van der Waals surface area contributed by atoms with Crippen LogP contribution in [0.15, 0.2) is 18.2 Å². The fraction of sp³-hybridized carbons (Fsp3) is 0.417. The van der Waals surface area contributed by atoms with Gasteiger partial charge in [-0.15, -0.1) is 0 Å². The topological polar surface area (TPSA) is 64.3 Å². The van der Waals surface area contributed by atoms with Crippen molar-refractivity contribution in [2.45, 2.75) is 24.6 Å². The number of rotatable bonds is 3. The number of methoxy groups -OCH3 is 1. The third-order valence-corrected chi connectivity index (χ3v) is 3.14. The van der Waals surface area contributed by atoms with Crippen molar-refractivity contribution < 1.29 is 22.7 Å². The van der Waals surface area contributed by atoms with Crippen LogP contribution in [0.3, 0.4) is 0 Å². The Morgan fingerprint density at radius 3 is 2.47 bits per heavy atom. The number of amides is 1. The average molecular weight is 274 g/mol. The molecule has 0 heterocycles. The van der Waals surface area contributed by atoms with Crippen LogP contribution in [0.25, 0.3) is 0 Å². The molecule has 0 spiro atoms. The quantitative estimate of drug-likeness (QED) is 0.830. The number of halogens is 3. The maximum Gasteiger partial charge on any atom is 0.411 e. The van der Waals surface area contributed by atoms with Crippen LogP contribution in [-0.4, -0.2) is 24.7 Å². The first kappa shape index (κ1) is 13.5. The summed E-state index contributed by atoms with van der Waals surface area (Å²) in [7, 11) is 1.41. The molecule has 0 atom stereocenters. The van der Waals surface area contributed by atoms with Crippen molar-refractivity contribution in [2.75, 3.05) is 12.8 Å². The predicted molar refractivity (Wildman–Crippen MR) is 62.9 cm³/mol. The molecule has 0 saturated heterocycles. The zero-order valence-electron chi connectivity index (χ0n) is 10.2. The molecule has 0 radical (unpaired) electrons. The molecule has 104 valence electrons. The molecule has 1 aromatic carbocycles. The Morgan fingerprint density at radius 1 is 1.42 bits per heavy atom. The van der Waals surface area contributed by atoms with Crippen LogP contribution >= 0.6 is 0 Å². The number of anilines is 1. The van der Waals surface area contributed by atoms with Crippen LogP contribution in [0.2, 0.25) is 0 Å². The van der Waals surface area contributed by atoms with Gasteiger partial charge >= 0.3 is 6.18 Å². The van der Waals surface area contributed by atoms with Gasteiger partial charge in [-0.25, -0.2) is 0 Å². The molecule has 2 rings (SSSR count). The maximum atomic E-state index is 12.7. The molecule has 1 saturated carbocycles. The van der Waals surface area contributed by atoms with Crippen molar-refractivity contribution in [3.63, 3.8) is 0 Å². The van der Waals surface area contributed by atoms with Gasteiger partial charge in [0, 0.05) is 5.56 Å². The summed E-state index contributed by atoms with van der Waals surface area (Å²) in [5.41, 5.74) is 3.82. The molecule has 1 aliphatic rings. The van der Waals surface area contributed by atoms with Gasteiger partial charge in [0.15, 0.2) is 0 Å². The molecule has 7 heteroatoms. The summed E-state index contributed by atoms with van der Waals surface area (Å²) in [5, 5.41) is 2.03. The number of ether oxygens (including phenoxy) is 1. The largest absolute Gasteiger partial charge is 0.495 e. The van der Waals surface area contributed by atoms with Gasteiger partial charge < -0.3 is 15.8 Å². The van der Waals surface area contributed by atoms with Crippen molar-refractivity contribution in [1.29, 1.82) is 0 Å². The molecular weight excluding hydrogens is 261 g/mol. The van der Waals surface area contributed by atoms with Crippen LogP contribution in [0, 0.1) is 0 Å². The number of hydrogen-bond donors (Lipinski definition) is 2. The summed E-state index contributed by atoms with van der Waals surface area (Å²) in [6.07, 6.45) is -4.61. The molecule has 0 aliphatic heterocycles. The zero-order valence-corrected chi connectivity index (χ0v) is 10.2. The zero-order chi connectivity index (χ0) is 14.3. The Bertz CT molecular complexity index is 510.